The average molecular weight is 515 g/mol. The summed E-state index contributed by atoms with van der Waals surface area (Å²) in [5.41, 5.74) is 4.84. The molecule has 0 spiro atoms. The Balaban J connectivity index is 1.58. The Hall–Kier alpha value is -4.50. The number of fused-ring (bicyclic) bond motifs is 1. The number of carbonyl (C=O) groups is 1. The topological polar surface area (TPSA) is 101 Å². The molecule has 0 radical (unpaired) electrons. The molecular formula is C28H26N4O4S. The number of rotatable bonds is 10. The second-order valence-corrected chi connectivity index (χ2v) is 10.0. The van der Waals surface area contributed by atoms with E-state index in [1.54, 1.807) is 66.9 Å². The van der Waals surface area contributed by atoms with E-state index in [1.807, 2.05) is 19.1 Å². The zero-order valence-electron chi connectivity index (χ0n) is 20.2. The maximum atomic E-state index is 13.7. The summed E-state index contributed by atoms with van der Waals surface area (Å²) in [7, 11) is -4.09. The van der Waals surface area contributed by atoms with Crippen LogP contribution < -0.4 is 14.5 Å². The van der Waals surface area contributed by atoms with Gasteiger partial charge in [-0.05, 0) is 61.0 Å². The lowest BCUT2D eigenvalue weighted by Gasteiger charge is -2.24. The van der Waals surface area contributed by atoms with Gasteiger partial charge in [0.15, 0.2) is 0 Å². The van der Waals surface area contributed by atoms with E-state index in [1.165, 1.54) is 18.3 Å². The molecular weight excluding hydrogens is 488 g/mol. The molecule has 0 bridgehead atoms. The molecule has 3 aromatic carbocycles. The Bertz CT molecular complexity index is 1530. The largest absolute Gasteiger partial charge is 0.490 e. The lowest BCUT2D eigenvalue weighted by atomic mass is 10.2. The summed E-state index contributed by atoms with van der Waals surface area (Å²) in [6, 6.07) is 22.4. The van der Waals surface area contributed by atoms with E-state index in [0.717, 1.165) is 20.8 Å². The van der Waals surface area contributed by atoms with Gasteiger partial charge >= 0.3 is 0 Å². The van der Waals surface area contributed by atoms with Gasteiger partial charge in [-0.3, -0.25) is 14.1 Å². The zero-order valence-corrected chi connectivity index (χ0v) is 21.1. The van der Waals surface area contributed by atoms with Crippen LogP contribution >= 0.6 is 0 Å². The number of ether oxygens (including phenoxy) is 1. The second kappa shape index (κ2) is 11.5. The monoisotopic (exact) mass is 514 g/mol. The van der Waals surface area contributed by atoms with Crippen LogP contribution in [0.25, 0.3) is 10.9 Å². The fraction of sp³-hybridized carbons (Fsp3) is 0.107. The Morgan fingerprint density at radius 1 is 1.05 bits per heavy atom. The average Bonchev–Trinajstić information content (AvgIpc) is 2.91. The predicted octanol–water partition coefficient (Wildman–Crippen LogP) is 4.45. The van der Waals surface area contributed by atoms with Crippen molar-refractivity contribution >= 4 is 38.7 Å². The van der Waals surface area contributed by atoms with Crippen molar-refractivity contribution < 1.29 is 17.9 Å². The first-order chi connectivity index (χ1) is 17.9. The number of sulfonamides is 1. The molecule has 1 amide bonds. The van der Waals surface area contributed by atoms with Gasteiger partial charge in [-0.2, -0.15) is 5.10 Å². The number of anilines is 1. The molecule has 1 aromatic heterocycles. The molecule has 1 heterocycles. The maximum Gasteiger partial charge on any atom is 0.264 e. The minimum absolute atomic E-state index is 0.0705. The smallest absolute Gasteiger partial charge is 0.264 e. The molecule has 4 rings (SSSR count). The molecule has 0 aliphatic carbocycles. The molecule has 1 N–H and O–H groups in total. The first kappa shape index (κ1) is 25.6. The number of amides is 1. The summed E-state index contributed by atoms with van der Waals surface area (Å²) in [5.74, 6) is 0.0764. The Labute approximate surface area is 216 Å². The standard InChI is InChI=1S/C28H26N4O4S/c1-3-18-36-24-13-11-22(12-14-24)19-30-31-27(33)20-32(37(34,35)25-15-9-21(2)10-16-25)26-8-4-6-23-7-5-17-29-28(23)26/h3-17,19H,1,18,20H2,2H3,(H,31,33). The highest BCUT2D eigenvalue weighted by molar-refractivity contribution is 7.92. The highest BCUT2D eigenvalue weighted by Gasteiger charge is 2.28. The molecule has 188 valence electrons. The third-order valence-corrected chi connectivity index (χ3v) is 7.20. The summed E-state index contributed by atoms with van der Waals surface area (Å²) in [4.78, 5) is 17.3. The number of nitrogens with zero attached hydrogens (tertiary/aromatic N) is 3. The Morgan fingerprint density at radius 3 is 2.51 bits per heavy atom. The van der Waals surface area contributed by atoms with E-state index in [9.17, 15) is 13.2 Å². The molecule has 4 aromatic rings. The minimum atomic E-state index is -4.09. The van der Waals surface area contributed by atoms with Crippen molar-refractivity contribution in [2.24, 2.45) is 5.10 Å². The van der Waals surface area contributed by atoms with Gasteiger partial charge in [-0.15, -0.1) is 0 Å². The quantitative estimate of drug-likeness (QED) is 0.191. The first-order valence-electron chi connectivity index (χ1n) is 11.5. The van der Waals surface area contributed by atoms with Crippen LogP contribution in [-0.4, -0.2) is 38.7 Å². The van der Waals surface area contributed by atoms with Crippen molar-refractivity contribution in [2.75, 3.05) is 17.5 Å². The van der Waals surface area contributed by atoms with Gasteiger partial charge in [0.1, 0.15) is 18.9 Å². The Kier molecular flexibility index (Phi) is 7.95. The van der Waals surface area contributed by atoms with Crippen molar-refractivity contribution in [3.8, 4) is 5.75 Å². The first-order valence-corrected chi connectivity index (χ1v) is 12.9. The fourth-order valence-corrected chi connectivity index (χ4v) is 5.00. The van der Waals surface area contributed by atoms with Crippen LogP contribution in [0.3, 0.4) is 0 Å². The van der Waals surface area contributed by atoms with Crippen LogP contribution in [0.4, 0.5) is 5.69 Å². The van der Waals surface area contributed by atoms with Gasteiger partial charge in [0.2, 0.25) is 0 Å². The van der Waals surface area contributed by atoms with Crippen LogP contribution in [0, 0.1) is 6.92 Å². The van der Waals surface area contributed by atoms with Gasteiger partial charge in [0.25, 0.3) is 15.9 Å². The minimum Gasteiger partial charge on any atom is -0.490 e. The summed E-state index contributed by atoms with van der Waals surface area (Å²) in [6.45, 7) is 5.39. The van der Waals surface area contributed by atoms with Gasteiger partial charge < -0.3 is 4.74 Å². The molecule has 37 heavy (non-hydrogen) atoms. The molecule has 0 saturated heterocycles. The SMILES string of the molecule is C=CCOc1ccc(C=NNC(=O)CN(c2cccc3cccnc23)S(=O)(=O)c2ccc(C)cc2)cc1. The van der Waals surface area contributed by atoms with E-state index >= 15 is 0 Å². The molecule has 0 atom stereocenters. The normalized spacial score (nSPS) is 11.4. The third kappa shape index (κ3) is 6.20. The number of hydrazone groups is 1. The number of aryl methyl sites for hydroxylation is 1. The van der Waals surface area contributed by atoms with Crippen LogP contribution in [0.15, 0.2) is 108 Å². The van der Waals surface area contributed by atoms with E-state index in [4.69, 9.17) is 4.74 Å². The van der Waals surface area contributed by atoms with Crippen molar-refractivity contribution in [1.82, 2.24) is 10.4 Å². The van der Waals surface area contributed by atoms with E-state index in [-0.39, 0.29) is 4.90 Å². The van der Waals surface area contributed by atoms with E-state index in [2.05, 4.69) is 22.1 Å². The number of aromatic nitrogens is 1. The second-order valence-electron chi connectivity index (χ2n) is 8.14. The maximum absolute atomic E-state index is 13.7. The lowest BCUT2D eigenvalue weighted by Crippen LogP contribution is -2.39. The van der Waals surface area contributed by atoms with E-state index in [0.29, 0.717) is 23.6 Å². The highest BCUT2D eigenvalue weighted by atomic mass is 32.2. The van der Waals surface area contributed by atoms with Gasteiger partial charge in [0.05, 0.1) is 22.3 Å². The van der Waals surface area contributed by atoms with Crippen LogP contribution in [-0.2, 0) is 14.8 Å². The Morgan fingerprint density at radius 2 is 1.78 bits per heavy atom. The van der Waals surface area contributed by atoms with Crippen molar-refractivity contribution in [2.45, 2.75) is 11.8 Å². The number of nitrogens with one attached hydrogen (secondary N) is 1. The molecule has 0 aliphatic rings. The zero-order chi connectivity index (χ0) is 26.3. The summed E-state index contributed by atoms with van der Waals surface area (Å²) in [6.07, 6.45) is 4.70. The van der Waals surface area contributed by atoms with Crippen LogP contribution in [0.2, 0.25) is 0 Å². The summed E-state index contributed by atoms with van der Waals surface area (Å²) < 4.78 is 33.9. The number of hydrogen-bond acceptors (Lipinski definition) is 6. The number of benzene rings is 3. The number of pyridine rings is 1. The third-order valence-electron chi connectivity index (χ3n) is 5.43. The van der Waals surface area contributed by atoms with Crippen molar-refractivity contribution in [3.63, 3.8) is 0 Å². The fourth-order valence-electron chi connectivity index (χ4n) is 3.58. The molecule has 0 aliphatic heterocycles. The number of carbonyl (C=O) groups excluding carboxylic acids is 1. The number of para-hydroxylation sites is 1. The number of hydrogen-bond donors (Lipinski definition) is 1. The highest BCUT2D eigenvalue weighted by Crippen LogP contribution is 2.29. The van der Waals surface area contributed by atoms with Crippen molar-refractivity contribution in [1.29, 1.82) is 0 Å². The van der Waals surface area contributed by atoms with Gasteiger partial charge in [-0.25, -0.2) is 13.8 Å². The van der Waals surface area contributed by atoms with Crippen LogP contribution in [0.1, 0.15) is 11.1 Å². The van der Waals surface area contributed by atoms with Gasteiger partial charge in [-0.1, -0.05) is 48.6 Å². The van der Waals surface area contributed by atoms with Gasteiger partial charge in [0, 0.05) is 11.6 Å². The molecule has 0 saturated carbocycles. The molecule has 0 fully saturated rings. The van der Waals surface area contributed by atoms with E-state index < -0.39 is 22.5 Å². The molecule has 8 nitrogen and oxygen atoms in total. The van der Waals surface area contributed by atoms with Crippen molar-refractivity contribution in [3.05, 3.63) is 109 Å². The predicted molar refractivity (Wildman–Crippen MR) is 145 cm³/mol. The summed E-state index contributed by atoms with van der Waals surface area (Å²) >= 11 is 0. The van der Waals surface area contributed by atoms with Crippen LogP contribution in [0.5, 0.6) is 5.75 Å². The molecule has 0 unspecified atom stereocenters. The molecule has 9 heteroatoms. The summed E-state index contributed by atoms with van der Waals surface area (Å²) in [5, 5.41) is 4.74. The lowest BCUT2D eigenvalue weighted by molar-refractivity contribution is -0.119.